The van der Waals surface area contributed by atoms with Crippen LogP contribution in [0.2, 0.25) is 0 Å². The third-order valence-corrected chi connectivity index (χ3v) is 5.59. The van der Waals surface area contributed by atoms with E-state index in [-0.39, 0.29) is 6.61 Å². The molecule has 136 valence electrons. The number of halogens is 1. The van der Waals surface area contributed by atoms with Crippen LogP contribution in [0.5, 0.6) is 5.75 Å². The van der Waals surface area contributed by atoms with Crippen molar-refractivity contribution in [3.05, 3.63) is 75.4 Å². The van der Waals surface area contributed by atoms with Crippen LogP contribution in [-0.2, 0) is 6.54 Å². The van der Waals surface area contributed by atoms with Gasteiger partial charge in [0.25, 0.3) is 0 Å². The van der Waals surface area contributed by atoms with Gasteiger partial charge < -0.3 is 9.84 Å². The summed E-state index contributed by atoms with van der Waals surface area (Å²) in [6, 6.07) is 22.4. The lowest BCUT2D eigenvalue weighted by Crippen LogP contribution is -2.32. The molecule has 0 amide bonds. The van der Waals surface area contributed by atoms with Gasteiger partial charge in [0.1, 0.15) is 18.5 Å². The Hall–Kier alpha value is -1.66. The molecule has 0 bridgehead atoms. The SMILES string of the molecule is CN(Cc1ccc(Br)s1)C[C@H](O)COc1ccc(-c2ccccc2)cc1. The van der Waals surface area contributed by atoms with Crippen LogP contribution in [0.3, 0.4) is 0 Å². The van der Waals surface area contributed by atoms with Crippen LogP contribution < -0.4 is 4.74 Å². The maximum absolute atomic E-state index is 10.2. The fraction of sp³-hybridized carbons (Fsp3) is 0.238. The number of thiophene rings is 1. The second kappa shape index (κ2) is 9.33. The summed E-state index contributed by atoms with van der Waals surface area (Å²) in [5.74, 6) is 0.772. The molecule has 0 aliphatic rings. The van der Waals surface area contributed by atoms with Crippen molar-refractivity contribution in [2.24, 2.45) is 0 Å². The molecule has 0 aliphatic heterocycles. The van der Waals surface area contributed by atoms with Crippen LogP contribution in [0.4, 0.5) is 0 Å². The first-order valence-electron chi connectivity index (χ1n) is 8.49. The normalized spacial score (nSPS) is 12.3. The molecule has 3 nitrogen and oxygen atoms in total. The van der Waals surface area contributed by atoms with E-state index in [1.165, 1.54) is 10.4 Å². The van der Waals surface area contributed by atoms with Crippen molar-refractivity contribution in [3.63, 3.8) is 0 Å². The molecule has 0 saturated heterocycles. The molecule has 3 aromatic rings. The number of aliphatic hydroxyl groups is 1. The van der Waals surface area contributed by atoms with Gasteiger partial charge in [0.2, 0.25) is 0 Å². The molecule has 1 heterocycles. The number of rotatable bonds is 8. The summed E-state index contributed by atoms with van der Waals surface area (Å²) in [7, 11) is 2.01. The van der Waals surface area contributed by atoms with E-state index in [1.807, 2.05) is 55.6 Å². The lowest BCUT2D eigenvalue weighted by Gasteiger charge is -2.20. The molecule has 1 aromatic heterocycles. The number of ether oxygens (including phenoxy) is 1. The van der Waals surface area contributed by atoms with Crippen LogP contribution in [0.1, 0.15) is 4.88 Å². The third-order valence-electron chi connectivity index (χ3n) is 3.98. The maximum Gasteiger partial charge on any atom is 0.119 e. The summed E-state index contributed by atoms with van der Waals surface area (Å²) in [6.07, 6.45) is -0.530. The zero-order valence-corrected chi connectivity index (χ0v) is 17.0. The lowest BCUT2D eigenvalue weighted by atomic mass is 10.1. The second-order valence-electron chi connectivity index (χ2n) is 6.26. The van der Waals surface area contributed by atoms with Crippen LogP contribution in [0.15, 0.2) is 70.5 Å². The van der Waals surface area contributed by atoms with Gasteiger partial charge in [-0.25, -0.2) is 0 Å². The highest BCUT2D eigenvalue weighted by atomic mass is 79.9. The topological polar surface area (TPSA) is 32.7 Å². The molecule has 0 saturated carbocycles. The molecular formula is C21H22BrNO2S. The molecule has 1 atom stereocenters. The smallest absolute Gasteiger partial charge is 0.119 e. The largest absolute Gasteiger partial charge is 0.491 e. The first-order valence-corrected chi connectivity index (χ1v) is 10.1. The van der Waals surface area contributed by atoms with E-state index < -0.39 is 6.10 Å². The van der Waals surface area contributed by atoms with Gasteiger partial charge in [-0.05, 0) is 58.4 Å². The van der Waals surface area contributed by atoms with Crippen LogP contribution in [0, 0.1) is 0 Å². The van der Waals surface area contributed by atoms with Crippen molar-refractivity contribution < 1.29 is 9.84 Å². The molecule has 26 heavy (non-hydrogen) atoms. The fourth-order valence-electron chi connectivity index (χ4n) is 2.75. The minimum absolute atomic E-state index is 0.281. The standard InChI is InChI=1S/C21H22BrNO2S/c1-23(14-20-11-12-21(22)26-20)13-18(24)15-25-19-9-7-17(8-10-19)16-5-3-2-4-6-16/h2-12,18,24H,13-15H2,1H3/t18-/m0/s1. The molecule has 0 aliphatic carbocycles. The van der Waals surface area contributed by atoms with E-state index in [4.69, 9.17) is 4.74 Å². The molecule has 0 spiro atoms. The van der Waals surface area contributed by atoms with Crippen LogP contribution in [-0.4, -0.2) is 36.3 Å². The average Bonchev–Trinajstić information content (AvgIpc) is 3.05. The van der Waals surface area contributed by atoms with Gasteiger partial charge in [-0.15, -0.1) is 11.3 Å². The molecule has 2 aromatic carbocycles. The van der Waals surface area contributed by atoms with Gasteiger partial charge >= 0.3 is 0 Å². The summed E-state index contributed by atoms with van der Waals surface area (Å²) in [4.78, 5) is 3.37. The minimum atomic E-state index is -0.530. The number of nitrogens with zero attached hydrogens (tertiary/aromatic N) is 1. The number of hydrogen-bond donors (Lipinski definition) is 1. The summed E-state index contributed by atoms with van der Waals surface area (Å²) < 4.78 is 6.86. The van der Waals surface area contributed by atoms with Gasteiger partial charge in [-0.2, -0.15) is 0 Å². The van der Waals surface area contributed by atoms with Crippen molar-refractivity contribution >= 4 is 27.3 Å². The quantitative estimate of drug-likeness (QED) is 0.541. The van der Waals surface area contributed by atoms with Crippen LogP contribution >= 0.6 is 27.3 Å². The fourth-order valence-corrected chi connectivity index (χ4v) is 4.31. The number of likely N-dealkylation sites (N-methyl/N-ethyl adjacent to an activating group) is 1. The van der Waals surface area contributed by atoms with Gasteiger partial charge in [0, 0.05) is 18.0 Å². The molecule has 3 rings (SSSR count). The molecule has 5 heteroatoms. The van der Waals surface area contributed by atoms with Crippen molar-refractivity contribution in [3.8, 4) is 16.9 Å². The van der Waals surface area contributed by atoms with E-state index in [0.717, 1.165) is 21.6 Å². The molecule has 0 unspecified atom stereocenters. The number of benzene rings is 2. The van der Waals surface area contributed by atoms with Gasteiger partial charge in [0.15, 0.2) is 0 Å². The minimum Gasteiger partial charge on any atom is -0.491 e. The van der Waals surface area contributed by atoms with E-state index in [9.17, 15) is 5.11 Å². The van der Waals surface area contributed by atoms with Crippen molar-refractivity contribution in [2.75, 3.05) is 20.2 Å². The van der Waals surface area contributed by atoms with Gasteiger partial charge in [-0.3, -0.25) is 4.90 Å². The highest BCUT2D eigenvalue weighted by molar-refractivity contribution is 9.11. The third kappa shape index (κ3) is 5.68. The Labute approximate surface area is 167 Å². The summed E-state index contributed by atoms with van der Waals surface area (Å²) >= 11 is 5.19. The zero-order valence-electron chi connectivity index (χ0n) is 14.6. The summed E-state index contributed by atoms with van der Waals surface area (Å²) in [6.45, 7) is 1.67. The van der Waals surface area contributed by atoms with Crippen molar-refractivity contribution in [1.29, 1.82) is 0 Å². The Morgan fingerprint density at radius 1 is 1.00 bits per heavy atom. The first kappa shape index (κ1) is 19.1. The highest BCUT2D eigenvalue weighted by Gasteiger charge is 2.11. The second-order valence-corrected chi connectivity index (χ2v) is 8.81. The average molecular weight is 432 g/mol. The first-order chi connectivity index (χ1) is 12.6. The highest BCUT2D eigenvalue weighted by Crippen LogP contribution is 2.23. The van der Waals surface area contributed by atoms with Crippen LogP contribution in [0.25, 0.3) is 11.1 Å². The zero-order chi connectivity index (χ0) is 18.4. The van der Waals surface area contributed by atoms with Crippen molar-refractivity contribution in [2.45, 2.75) is 12.6 Å². The Morgan fingerprint density at radius 2 is 1.69 bits per heavy atom. The Bertz CT molecular complexity index is 804. The summed E-state index contributed by atoms with van der Waals surface area (Å²) in [5.41, 5.74) is 2.33. The van der Waals surface area contributed by atoms with E-state index in [2.05, 4.69) is 39.0 Å². The van der Waals surface area contributed by atoms with Gasteiger partial charge in [0.05, 0.1) is 3.79 Å². The Balaban J connectivity index is 1.46. The number of hydrogen-bond acceptors (Lipinski definition) is 4. The maximum atomic E-state index is 10.2. The van der Waals surface area contributed by atoms with Crippen molar-refractivity contribution in [1.82, 2.24) is 4.90 Å². The van der Waals surface area contributed by atoms with E-state index in [1.54, 1.807) is 11.3 Å². The van der Waals surface area contributed by atoms with Gasteiger partial charge in [-0.1, -0.05) is 42.5 Å². The predicted octanol–water partition coefficient (Wildman–Crippen LogP) is 5.05. The lowest BCUT2D eigenvalue weighted by molar-refractivity contribution is 0.0746. The Kier molecular flexibility index (Phi) is 6.86. The summed E-state index contributed by atoms with van der Waals surface area (Å²) in [5, 5.41) is 10.2. The molecule has 0 radical (unpaired) electrons. The number of aliphatic hydroxyl groups excluding tert-OH is 1. The molecular weight excluding hydrogens is 410 g/mol. The predicted molar refractivity (Wildman–Crippen MR) is 112 cm³/mol. The Morgan fingerprint density at radius 3 is 2.35 bits per heavy atom. The monoisotopic (exact) mass is 431 g/mol. The van der Waals surface area contributed by atoms with E-state index >= 15 is 0 Å². The molecule has 1 N–H and O–H groups in total. The van der Waals surface area contributed by atoms with E-state index in [0.29, 0.717) is 6.54 Å². The molecule has 0 fully saturated rings.